The summed E-state index contributed by atoms with van der Waals surface area (Å²) in [6, 6.07) is 6.19. The number of benzene rings is 1. The molecule has 1 aromatic rings. The molecule has 0 fully saturated rings. The summed E-state index contributed by atoms with van der Waals surface area (Å²) in [6.07, 6.45) is 0.0974. The molecule has 3 amide bonds. The van der Waals surface area contributed by atoms with Crippen LogP contribution in [0.15, 0.2) is 24.3 Å². The Bertz CT molecular complexity index is 377. The lowest BCUT2D eigenvalue weighted by Crippen LogP contribution is -2.35. The van der Waals surface area contributed by atoms with Gasteiger partial charge in [-0.1, -0.05) is 12.1 Å². The molecule has 0 atom stereocenters. The molecule has 15 heavy (non-hydrogen) atoms. The molecule has 0 aliphatic rings. The molecule has 5 heteroatoms. The van der Waals surface area contributed by atoms with Gasteiger partial charge in [-0.25, -0.2) is 4.79 Å². The normalized spacial score (nSPS) is 9.40. The fraction of sp³-hybridized carbons (Fsp3) is 0.200. The lowest BCUT2D eigenvalue weighted by Gasteiger charge is -2.03. The van der Waals surface area contributed by atoms with E-state index >= 15 is 0 Å². The van der Waals surface area contributed by atoms with Crippen LogP contribution in [0.2, 0.25) is 0 Å². The SMILES string of the molecule is COc1cccc(CC(=O)NC(N)=O)c1. The van der Waals surface area contributed by atoms with E-state index in [4.69, 9.17) is 10.5 Å². The number of hydrogen-bond acceptors (Lipinski definition) is 3. The molecule has 0 heterocycles. The first-order chi connectivity index (χ1) is 7.11. The average Bonchev–Trinajstić information content (AvgIpc) is 2.16. The smallest absolute Gasteiger partial charge is 0.318 e. The minimum absolute atomic E-state index is 0.0974. The zero-order chi connectivity index (χ0) is 11.3. The summed E-state index contributed by atoms with van der Waals surface area (Å²) in [5.41, 5.74) is 5.57. The number of imide groups is 1. The highest BCUT2D eigenvalue weighted by molar-refractivity contribution is 5.94. The van der Waals surface area contributed by atoms with Gasteiger partial charge in [-0.2, -0.15) is 0 Å². The molecule has 0 unspecified atom stereocenters. The Labute approximate surface area is 87.2 Å². The number of ether oxygens (including phenoxy) is 1. The third-order valence-corrected chi connectivity index (χ3v) is 1.76. The fourth-order valence-corrected chi connectivity index (χ4v) is 1.15. The topological polar surface area (TPSA) is 81.4 Å². The van der Waals surface area contributed by atoms with Crippen molar-refractivity contribution in [3.05, 3.63) is 29.8 Å². The molecule has 0 saturated carbocycles. The van der Waals surface area contributed by atoms with Crippen LogP contribution in [0.3, 0.4) is 0 Å². The van der Waals surface area contributed by atoms with Crippen LogP contribution in [0.4, 0.5) is 4.79 Å². The molecule has 3 N–H and O–H groups in total. The molecule has 80 valence electrons. The molecule has 0 aliphatic carbocycles. The number of carbonyl (C=O) groups excluding carboxylic acids is 2. The van der Waals surface area contributed by atoms with Crippen molar-refractivity contribution in [1.29, 1.82) is 0 Å². The van der Waals surface area contributed by atoms with Gasteiger partial charge < -0.3 is 10.5 Å². The van der Waals surface area contributed by atoms with Gasteiger partial charge in [0.2, 0.25) is 5.91 Å². The monoisotopic (exact) mass is 208 g/mol. The van der Waals surface area contributed by atoms with E-state index in [1.54, 1.807) is 31.4 Å². The predicted octanol–water partition coefficient (Wildman–Crippen LogP) is 0.433. The molecule has 1 rings (SSSR count). The maximum atomic E-state index is 11.2. The molecule has 0 saturated heterocycles. The summed E-state index contributed by atoms with van der Waals surface area (Å²) in [6.45, 7) is 0. The van der Waals surface area contributed by atoms with Gasteiger partial charge in [-0.05, 0) is 17.7 Å². The second-order valence-corrected chi connectivity index (χ2v) is 2.94. The number of urea groups is 1. The molecule has 5 nitrogen and oxygen atoms in total. The second kappa shape index (κ2) is 4.99. The van der Waals surface area contributed by atoms with Crippen molar-refractivity contribution >= 4 is 11.9 Å². The number of primary amides is 1. The number of nitrogens with one attached hydrogen (secondary N) is 1. The van der Waals surface area contributed by atoms with Gasteiger partial charge in [-0.3, -0.25) is 10.1 Å². The van der Waals surface area contributed by atoms with Gasteiger partial charge in [0, 0.05) is 0 Å². The standard InChI is InChI=1S/C10H12N2O3/c1-15-8-4-2-3-7(5-8)6-9(13)12-10(11)14/h2-5H,6H2,1H3,(H3,11,12,13,14). The van der Waals surface area contributed by atoms with Crippen molar-refractivity contribution in [2.75, 3.05) is 7.11 Å². The molecule has 0 spiro atoms. The van der Waals surface area contributed by atoms with E-state index in [1.165, 1.54) is 0 Å². The number of methoxy groups -OCH3 is 1. The third-order valence-electron chi connectivity index (χ3n) is 1.76. The minimum Gasteiger partial charge on any atom is -0.497 e. The summed E-state index contributed by atoms with van der Waals surface area (Å²) in [5, 5.41) is 1.99. The van der Waals surface area contributed by atoms with Gasteiger partial charge in [0.25, 0.3) is 0 Å². The summed E-state index contributed by atoms with van der Waals surface area (Å²) < 4.78 is 4.99. The number of amides is 3. The Balaban J connectivity index is 2.63. The quantitative estimate of drug-likeness (QED) is 0.755. The Hall–Kier alpha value is -2.04. The number of hydrogen-bond donors (Lipinski definition) is 2. The second-order valence-electron chi connectivity index (χ2n) is 2.94. The van der Waals surface area contributed by atoms with Crippen LogP contribution in [-0.2, 0) is 11.2 Å². The molecule has 0 aromatic heterocycles. The summed E-state index contributed by atoms with van der Waals surface area (Å²) in [7, 11) is 1.54. The lowest BCUT2D eigenvalue weighted by molar-refractivity contribution is -0.119. The fourth-order valence-electron chi connectivity index (χ4n) is 1.15. The zero-order valence-electron chi connectivity index (χ0n) is 8.32. The Kier molecular flexibility index (Phi) is 3.68. The average molecular weight is 208 g/mol. The first-order valence-corrected chi connectivity index (χ1v) is 4.34. The number of nitrogens with two attached hydrogens (primary N) is 1. The molecule has 0 radical (unpaired) electrons. The summed E-state index contributed by atoms with van der Waals surface area (Å²) >= 11 is 0. The molecule has 0 aliphatic heterocycles. The largest absolute Gasteiger partial charge is 0.497 e. The Morgan fingerprint density at radius 1 is 1.47 bits per heavy atom. The van der Waals surface area contributed by atoms with Crippen molar-refractivity contribution in [3.8, 4) is 5.75 Å². The Morgan fingerprint density at radius 2 is 2.20 bits per heavy atom. The van der Waals surface area contributed by atoms with Crippen LogP contribution in [0.25, 0.3) is 0 Å². The third kappa shape index (κ3) is 3.68. The van der Waals surface area contributed by atoms with Crippen molar-refractivity contribution < 1.29 is 14.3 Å². The van der Waals surface area contributed by atoms with Gasteiger partial charge in [0.15, 0.2) is 0 Å². The van der Waals surface area contributed by atoms with Crippen molar-refractivity contribution in [1.82, 2.24) is 5.32 Å². The van der Waals surface area contributed by atoms with Gasteiger partial charge >= 0.3 is 6.03 Å². The van der Waals surface area contributed by atoms with Crippen LogP contribution >= 0.6 is 0 Å². The van der Waals surface area contributed by atoms with E-state index in [2.05, 4.69) is 0 Å². The zero-order valence-corrected chi connectivity index (χ0v) is 8.32. The van der Waals surface area contributed by atoms with E-state index in [0.717, 1.165) is 5.56 Å². The molecular formula is C10H12N2O3. The maximum Gasteiger partial charge on any atom is 0.318 e. The van der Waals surface area contributed by atoms with Gasteiger partial charge in [-0.15, -0.1) is 0 Å². The molecular weight excluding hydrogens is 196 g/mol. The van der Waals surface area contributed by atoms with E-state index in [1.807, 2.05) is 5.32 Å². The van der Waals surface area contributed by atoms with Gasteiger partial charge in [0.1, 0.15) is 5.75 Å². The van der Waals surface area contributed by atoms with Crippen LogP contribution < -0.4 is 15.8 Å². The van der Waals surface area contributed by atoms with E-state index in [0.29, 0.717) is 5.75 Å². The molecule has 0 bridgehead atoms. The van der Waals surface area contributed by atoms with Crippen molar-refractivity contribution in [3.63, 3.8) is 0 Å². The van der Waals surface area contributed by atoms with Crippen molar-refractivity contribution in [2.24, 2.45) is 5.73 Å². The van der Waals surface area contributed by atoms with Crippen molar-refractivity contribution in [2.45, 2.75) is 6.42 Å². The van der Waals surface area contributed by atoms with E-state index < -0.39 is 11.9 Å². The minimum atomic E-state index is -0.845. The van der Waals surface area contributed by atoms with Crippen LogP contribution in [-0.4, -0.2) is 19.0 Å². The highest BCUT2D eigenvalue weighted by Crippen LogP contribution is 2.12. The number of rotatable bonds is 3. The summed E-state index contributed by atoms with van der Waals surface area (Å²) in [4.78, 5) is 21.6. The Morgan fingerprint density at radius 3 is 2.80 bits per heavy atom. The van der Waals surface area contributed by atoms with Crippen LogP contribution in [0.5, 0.6) is 5.75 Å². The highest BCUT2D eigenvalue weighted by Gasteiger charge is 2.05. The van der Waals surface area contributed by atoms with Gasteiger partial charge in [0.05, 0.1) is 13.5 Å². The maximum absolute atomic E-state index is 11.2. The van der Waals surface area contributed by atoms with E-state index in [9.17, 15) is 9.59 Å². The predicted molar refractivity (Wildman–Crippen MR) is 54.4 cm³/mol. The summed E-state index contributed by atoms with van der Waals surface area (Å²) in [5.74, 6) is 0.232. The lowest BCUT2D eigenvalue weighted by atomic mass is 10.1. The first kappa shape index (κ1) is 11.0. The molecule has 1 aromatic carbocycles. The van der Waals surface area contributed by atoms with E-state index in [-0.39, 0.29) is 6.42 Å². The number of carbonyl (C=O) groups is 2. The first-order valence-electron chi connectivity index (χ1n) is 4.34. The highest BCUT2D eigenvalue weighted by atomic mass is 16.5. The van der Waals surface area contributed by atoms with Crippen LogP contribution in [0, 0.1) is 0 Å². The van der Waals surface area contributed by atoms with Crippen LogP contribution in [0.1, 0.15) is 5.56 Å².